The van der Waals surface area contributed by atoms with Gasteiger partial charge in [0.2, 0.25) is 0 Å². The largest absolute Gasteiger partial charge is 0.481 e. The molecule has 0 aliphatic rings. The monoisotopic (exact) mass is 293 g/mol. The summed E-state index contributed by atoms with van der Waals surface area (Å²) in [5.74, 6) is 4.69. The van der Waals surface area contributed by atoms with Crippen molar-refractivity contribution in [3.05, 3.63) is 0 Å². The predicted molar refractivity (Wildman–Crippen MR) is 60.4 cm³/mol. The lowest BCUT2D eigenvalue weighted by Crippen LogP contribution is -2.48. The third kappa shape index (κ3) is 6.63. The molecule has 1 unspecified atom stereocenters. The molecule has 0 heterocycles. The molecule has 0 spiro atoms. The van der Waals surface area contributed by atoms with Gasteiger partial charge in [-0.1, -0.05) is 0 Å². The van der Waals surface area contributed by atoms with Gasteiger partial charge in [-0.15, -0.1) is 0 Å². The molecular weight excluding hydrogens is 278 g/mol. The minimum absolute atomic E-state index is 0.295. The summed E-state index contributed by atoms with van der Waals surface area (Å²) in [5, 5.41) is 17.3. The first-order chi connectivity index (χ1) is 9.31. The molecule has 0 aromatic heterocycles. The van der Waals surface area contributed by atoms with E-state index in [-0.39, 0.29) is 6.42 Å². The highest BCUT2D eigenvalue weighted by molar-refractivity contribution is 5.80. The lowest BCUT2D eigenvalue weighted by molar-refractivity contribution is -0.156. The number of hydrogen-bond donors (Lipinski definition) is 4. The first kappa shape index (κ1) is 17.8. The number of carbonyl (C=O) groups is 4. The van der Waals surface area contributed by atoms with Crippen molar-refractivity contribution in [1.82, 2.24) is 4.90 Å². The van der Waals surface area contributed by atoms with Gasteiger partial charge in [0.25, 0.3) is 0 Å². The number of nitrogens with zero attached hydrogens (tertiary/aromatic N) is 1. The number of rotatable bonds is 9. The van der Waals surface area contributed by atoms with Crippen LogP contribution >= 0.6 is 0 Å². The average molecular weight is 293 g/mol. The molecule has 0 radical (unpaired) electrons. The molecule has 0 aliphatic carbocycles. The molecule has 0 saturated carbocycles. The number of hydrogen-bond acceptors (Lipinski definition) is 9. The molecule has 20 heavy (non-hydrogen) atoms. The molecule has 0 aliphatic heterocycles. The second kappa shape index (κ2) is 8.79. The molecule has 114 valence electrons. The van der Waals surface area contributed by atoms with Gasteiger partial charge in [0, 0.05) is 6.42 Å². The molecule has 0 saturated heterocycles. The first-order valence-electron chi connectivity index (χ1n) is 5.29. The summed E-state index contributed by atoms with van der Waals surface area (Å²) in [7, 11) is 0. The van der Waals surface area contributed by atoms with Crippen molar-refractivity contribution >= 4 is 23.9 Å². The molecule has 0 fully saturated rings. The lowest BCUT2D eigenvalue weighted by atomic mass is 10.1. The average Bonchev–Trinajstić information content (AvgIpc) is 2.37. The second-order valence-corrected chi connectivity index (χ2v) is 3.67. The molecular formula is C9H15N3O8. The van der Waals surface area contributed by atoms with E-state index in [1.807, 2.05) is 0 Å². The standard InChI is InChI=1S/C9H15N3O8/c10-19-8(17)4-12(3-7(15)16)5(9(18)20-11)1-2-6(13)14/h5H,1-4,10-11H2,(H,13,14)(H,15,16). The second-order valence-electron chi connectivity index (χ2n) is 3.67. The van der Waals surface area contributed by atoms with E-state index in [1.165, 1.54) is 0 Å². The normalized spacial score (nSPS) is 11.8. The van der Waals surface area contributed by atoms with E-state index in [0.717, 1.165) is 4.90 Å². The minimum Gasteiger partial charge on any atom is -0.481 e. The van der Waals surface area contributed by atoms with E-state index in [4.69, 9.17) is 16.1 Å². The van der Waals surface area contributed by atoms with E-state index in [9.17, 15) is 19.2 Å². The first-order valence-corrected chi connectivity index (χ1v) is 5.29. The summed E-state index contributed by atoms with van der Waals surface area (Å²) in [5.41, 5.74) is 0. The quantitative estimate of drug-likeness (QED) is 0.328. The van der Waals surface area contributed by atoms with Gasteiger partial charge in [0.1, 0.15) is 6.04 Å². The van der Waals surface area contributed by atoms with Crippen molar-refractivity contribution < 1.29 is 39.1 Å². The molecule has 11 nitrogen and oxygen atoms in total. The fraction of sp³-hybridized carbons (Fsp3) is 0.556. The van der Waals surface area contributed by atoms with Gasteiger partial charge in [-0.2, -0.15) is 11.8 Å². The van der Waals surface area contributed by atoms with Crippen LogP contribution in [0.5, 0.6) is 0 Å². The Morgan fingerprint density at radius 3 is 2.00 bits per heavy atom. The number of aliphatic carboxylic acids is 2. The van der Waals surface area contributed by atoms with E-state index < -0.39 is 49.4 Å². The molecule has 6 N–H and O–H groups in total. The Labute approximate surface area is 112 Å². The Bertz CT molecular complexity index is 385. The van der Waals surface area contributed by atoms with Crippen LogP contribution < -0.4 is 11.8 Å². The van der Waals surface area contributed by atoms with Gasteiger partial charge >= 0.3 is 23.9 Å². The summed E-state index contributed by atoms with van der Waals surface area (Å²) in [6, 6.07) is -1.33. The highest BCUT2D eigenvalue weighted by Gasteiger charge is 2.31. The van der Waals surface area contributed by atoms with E-state index in [2.05, 4.69) is 15.6 Å². The Hall–Kier alpha value is -2.24. The summed E-state index contributed by atoms with van der Waals surface area (Å²) < 4.78 is 0. The number of carboxylic acids is 2. The van der Waals surface area contributed by atoms with Crippen LogP contribution in [0.3, 0.4) is 0 Å². The molecule has 0 aromatic rings. The maximum Gasteiger partial charge on any atom is 0.341 e. The van der Waals surface area contributed by atoms with Crippen molar-refractivity contribution in [2.75, 3.05) is 13.1 Å². The van der Waals surface area contributed by atoms with Crippen LogP contribution in [-0.4, -0.2) is 58.1 Å². The summed E-state index contributed by atoms with van der Waals surface area (Å²) in [6.07, 6.45) is -0.746. The van der Waals surface area contributed by atoms with Crippen LogP contribution in [0.25, 0.3) is 0 Å². The maximum atomic E-state index is 11.5. The van der Waals surface area contributed by atoms with Crippen LogP contribution in [0.4, 0.5) is 0 Å². The zero-order valence-electron chi connectivity index (χ0n) is 10.4. The van der Waals surface area contributed by atoms with Crippen LogP contribution in [-0.2, 0) is 28.9 Å². The number of nitrogens with two attached hydrogens (primary N) is 2. The molecule has 0 amide bonds. The van der Waals surface area contributed by atoms with E-state index in [1.54, 1.807) is 0 Å². The van der Waals surface area contributed by atoms with Gasteiger partial charge in [0.05, 0.1) is 13.1 Å². The van der Waals surface area contributed by atoms with Crippen LogP contribution in [0.1, 0.15) is 12.8 Å². The van der Waals surface area contributed by atoms with Crippen molar-refractivity contribution in [3.8, 4) is 0 Å². The van der Waals surface area contributed by atoms with Gasteiger partial charge in [-0.05, 0) is 6.42 Å². The van der Waals surface area contributed by atoms with Gasteiger partial charge < -0.3 is 19.9 Å². The molecule has 0 aromatic carbocycles. The predicted octanol–water partition coefficient (Wildman–Crippen LogP) is -2.56. The molecule has 0 rings (SSSR count). The van der Waals surface area contributed by atoms with Gasteiger partial charge in [-0.25, -0.2) is 9.59 Å². The maximum absolute atomic E-state index is 11.5. The molecule has 1 atom stereocenters. The third-order valence-electron chi connectivity index (χ3n) is 2.26. The number of carbonyl (C=O) groups excluding carboxylic acids is 2. The van der Waals surface area contributed by atoms with Crippen molar-refractivity contribution in [3.63, 3.8) is 0 Å². The summed E-state index contributed by atoms with van der Waals surface area (Å²) in [4.78, 5) is 52.4. The van der Waals surface area contributed by atoms with Crippen LogP contribution in [0.15, 0.2) is 0 Å². The minimum atomic E-state index is -1.35. The zero-order chi connectivity index (χ0) is 15.7. The van der Waals surface area contributed by atoms with Gasteiger partial charge in [0.15, 0.2) is 0 Å². The number of carboxylic acid groups (broad SMARTS) is 2. The lowest BCUT2D eigenvalue weighted by Gasteiger charge is -2.26. The van der Waals surface area contributed by atoms with Crippen molar-refractivity contribution in [2.45, 2.75) is 18.9 Å². The third-order valence-corrected chi connectivity index (χ3v) is 2.26. The summed E-state index contributed by atoms with van der Waals surface area (Å²) >= 11 is 0. The highest BCUT2D eigenvalue weighted by Crippen LogP contribution is 2.09. The Balaban J connectivity index is 5.04. The van der Waals surface area contributed by atoms with Crippen LogP contribution in [0, 0.1) is 0 Å². The Morgan fingerprint density at radius 1 is 1.00 bits per heavy atom. The summed E-state index contributed by atoms with van der Waals surface area (Å²) in [6.45, 7) is -1.36. The van der Waals surface area contributed by atoms with Crippen LogP contribution in [0.2, 0.25) is 0 Å². The van der Waals surface area contributed by atoms with Gasteiger partial charge in [-0.3, -0.25) is 14.5 Å². The SMILES string of the molecule is NOC(=O)CN(CC(=O)O)C(CCC(=O)O)C(=O)ON. The highest BCUT2D eigenvalue weighted by atomic mass is 16.7. The smallest absolute Gasteiger partial charge is 0.341 e. The topological polar surface area (TPSA) is 182 Å². The van der Waals surface area contributed by atoms with Crippen molar-refractivity contribution in [1.29, 1.82) is 0 Å². The Kier molecular flexibility index (Phi) is 7.81. The van der Waals surface area contributed by atoms with E-state index >= 15 is 0 Å². The fourth-order valence-electron chi connectivity index (χ4n) is 1.44. The van der Waals surface area contributed by atoms with Crippen molar-refractivity contribution in [2.24, 2.45) is 11.8 Å². The Morgan fingerprint density at radius 2 is 1.60 bits per heavy atom. The zero-order valence-corrected chi connectivity index (χ0v) is 10.4. The fourth-order valence-corrected chi connectivity index (χ4v) is 1.44. The van der Waals surface area contributed by atoms with E-state index in [0.29, 0.717) is 0 Å². The molecule has 0 bridgehead atoms. The molecule has 11 heteroatoms.